The molecule has 0 saturated heterocycles. The average molecular weight is 209 g/mol. The van der Waals surface area contributed by atoms with Crippen LogP contribution in [0, 0.1) is 0 Å². The highest BCUT2D eigenvalue weighted by atomic mass is 16.1. The van der Waals surface area contributed by atoms with Gasteiger partial charge >= 0.3 is 0 Å². The Hall–Kier alpha value is -1.16. The molecule has 84 valence electrons. The highest BCUT2D eigenvalue weighted by Crippen LogP contribution is 1.91. The molecule has 0 aromatic carbocycles. The van der Waals surface area contributed by atoms with Crippen LogP contribution in [0.15, 0.2) is 23.4 Å². The highest BCUT2D eigenvalue weighted by molar-refractivity contribution is 4.81. The molecule has 1 aromatic rings. The maximum atomic E-state index is 11.3. The van der Waals surface area contributed by atoms with E-state index in [0.29, 0.717) is 6.04 Å². The lowest BCUT2D eigenvalue weighted by Gasteiger charge is -2.08. The number of aromatic nitrogens is 2. The second kappa shape index (κ2) is 6.35. The standard InChI is InChI=1S/C11H19N3O/c1-10(2)13-6-3-4-8-14-9-12-7-5-11(14)15/h5,7,9-10,13H,3-4,6,8H2,1-2H3. The van der Waals surface area contributed by atoms with Gasteiger partial charge in [-0.3, -0.25) is 9.36 Å². The summed E-state index contributed by atoms with van der Waals surface area (Å²) in [6.45, 7) is 6.02. The third-order valence-electron chi connectivity index (χ3n) is 2.17. The Balaban J connectivity index is 2.21. The molecular formula is C11H19N3O. The van der Waals surface area contributed by atoms with Crippen molar-refractivity contribution in [2.45, 2.75) is 39.3 Å². The summed E-state index contributed by atoms with van der Waals surface area (Å²) in [5.41, 5.74) is 0.0295. The minimum atomic E-state index is 0.0295. The Bertz CT molecular complexity index is 333. The first kappa shape index (κ1) is 11.9. The van der Waals surface area contributed by atoms with E-state index in [9.17, 15) is 4.79 Å². The second-order valence-corrected chi connectivity index (χ2v) is 3.93. The molecule has 4 nitrogen and oxygen atoms in total. The Kier molecular flexibility index (Phi) is 5.04. The van der Waals surface area contributed by atoms with Crippen LogP contribution in [-0.4, -0.2) is 22.1 Å². The van der Waals surface area contributed by atoms with Gasteiger partial charge in [-0.25, -0.2) is 4.98 Å². The van der Waals surface area contributed by atoms with Crippen molar-refractivity contribution >= 4 is 0 Å². The normalized spacial score (nSPS) is 10.9. The van der Waals surface area contributed by atoms with Crippen molar-refractivity contribution in [3.05, 3.63) is 28.9 Å². The van der Waals surface area contributed by atoms with Crippen LogP contribution in [0.4, 0.5) is 0 Å². The Labute approximate surface area is 90.3 Å². The largest absolute Gasteiger partial charge is 0.315 e. The predicted octanol–water partition coefficient (Wildman–Crippen LogP) is 1.02. The van der Waals surface area contributed by atoms with E-state index in [1.165, 1.54) is 12.3 Å². The van der Waals surface area contributed by atoms with Crippen molar-refractivity contribution in [3.8, 4) is 0 Å². The van der Waals surface area contributed by atoms with Gasteiger partial charge in [0.15, 0.2) is 0 Å². The highest BCUT2D eigenvalue weighted by Gasteiger charge is 1.95. The van der Waals surface area contributed by atoms with Crippen molar-refractivity contribution in [2.24, 2.45) is 0 Å². The fourth-order valence-electron chi connectivity index (χ4n) is 1.34. The van der Waals surface area contributed by atoms with Gasteiger partial charge in [0, 0.05) is 24.8 Å². The van der Waals surface area contributed by atoms with E-state index in [-0.39, 0.29) is 5.56 Å². The molecule has 0 bridgehead atoms. The quantitative estimate of drug-likeness (QED) is 0.712. The van der Waals surface area contributed by atoms with E-state index >= 15 is 0 Å². The summed E-state index contributed by atoms with van der Waals surface area (Å²) in [6, 6.07) is 2.03. The number of hydrogen-bond donors (Lipinski definition) is 1. The molecule has 0 unspecified atom stereocenters. The van der Waals surface area contributed by atoms with E-state index in [1.54, 1.807) is 10.9 Å². The van der Waals surface area contributed by atoms with Gasteiger partial charge in [-0.05, 0) is 19.4 Å². The van der Waals surface area contributed by atoms with Crippen LogP contribution in [-0.2, 0) is 6.54 Å². The molecule has 0 atom stereocenters. The van der Waals surface area contributed by atoms with Crippen molar-refractivity contribution in [1.82, 2.24) is 14.9 Å². The van der Waals surface area contributed by atoms with Crippen LogP contribution in [0.2, 0.25) is 0 Å². The summed E-state index contributed by atoms with van der Waals surface area (Å²) in [4.78, 5) is 15.2. The lowest BCUT2D eigenvalue weighted by atomic mass is 10.3. The molecule has 1 heterocycles. The lowest BCUT2D eigenvalue weighted by Crippen LogP contribution is -2.24. The molecule has 0 aliphatic rings. The van der Waals surface area contributed by atoms with Crippen LogP contribution in [0.5, 0.6) is 0 Å². The number of hydrogen-bond acceptors (Lipinski definition) is 3. The molecule has 0 saturated carbocycles. The van der Waals surface area contributed by atoms with Crippen LogP contribution >= 0.6 is 0 Å². The van der Waals surface area contributed by atoms with Crippen molar-refractivity contribution < 1.29 is 0 Å². The summed E-state index contributed by atoms with van der Waals surface area (Å²) < 4.78 is 1.65. The molecule has 15 heavy (non-hydrogen) atoms. The zero-order valence-corrected chi connectivity index (χ0v) is 9.44. The van der Waals surface area contributed by atoms with E-state index in [2.05, 4.69) is 24.1 Å². The van der Waals surface area contributed by atoms with E-state index in [0.717, 1.165) is 25.9 Å². The topological polar surface area (TPSA) is 46.9 Å². The summed E-state index contributed by atoms with van der Waals surface area (Å²) in [6.07, 6.45) is 5.21. The number of nitrogens with zero attached hydrogens (tertiary/aromatic N) is 2. The first-order valence-corrected chi connectivity index (χ1v) is 5.44. The van der Waals surface area contributed by atoms with Gasteiger partial charge in [0.25, 0.3) is 5.56 Å². The molecule has 0 fully saturated rings. The molecule has 1 rings (SSSR count). The fraction of sp³-hybridized carbons (Fsp3) is 0.636. The fourth-order valence-corrected chi connectivity index (χ4v) is 1.34. The molecule has 1 N–H and O–H groups in total. The van der Waals surface area contributed by atoms with Crippen LogP contribution < -0.4 is 10.9 Å². The smallest absolute Gasteiger partial charge is 0.253 e. The average Bonchev–Trinajstić information content (AvgIpc) is 2.20. The van der Waals surface area contributed by atoms with Gasteiger partial charge < -0.3 is 5.32 Å². The van der Waals surface area contributed by atoms with Crippen LogP contribution in [0.1, 0.15) is 26.7 Å². The molecule has 0 aliphatic heterocycles. The first-order chi connectivity index (χ1) is 7.20. The third kappa shape index (κ3) is 4.74. The molecule has 0 aliphatic carbocycles. The van der Waals surface area contributed by atoms with Crippen molar-refractivity contribution in [3.63, 3.8) is 0 Å². The Morgan fingerprint density at radius 3 is 2.93 bits per heavy atom. The second-order valence-electron chi connectivity index (χ2n) is 3.93. The van der Waals surface area contributed by atoms with Gasteiger partial charge in [-0.1, -0.05) is 13.8 Å². The monoisotopic (exact) mass is 209 g/mol. The zero-order chi connectivity index (χ0) is 11.1. The van der Waals surface area contributed by atoms with Crippen molar-refractivity contribution in [1.29, 1.82) is 0 Å². The predicted molar refractivity (Wildman–Crippen MR) is 60.9 cm³/mol. The van der Waals surface area contributed by atoms with Gasteiger partial charge in [-0.2, -0.15) is 0 Å². The lowest BCUT2D eigenvalue weighted by molar-refractivity contribution is 0.524. The molecular weight excluding hydrogens is 190 g/mol. The maximum Gasteiger partial charge on any atom is 0.253 e. The van der Waals surface area contributed by atoms with Gasteiger partial charge in [-0.15, -0.1) is 0 Å². The molecule has 4 heteroatoms. The Morgan fingerprint density at radius 2 is 2.27 bits per heavy atom. The van der Waals surface area contributed by atoms with Gasteiger partial charge in [0.2, 0.25) is 0 Å². The molecule has 0 amide bonds. The van der Waals surface area contributed by atoms with E-state index in [4.69, 9.17) is 0 Å². The van der Waals surface area contributed by atoms with E-state index < -0.39 is 0 Å². The van der Waals surface area contributed by atoms with Crippen molar-refractivity contribution in [2.75, 3.05) is 6.54 Å². The first-order valence-electron chi connectivity index (χ1n) is 5.44. The third-order valence-corrected chi connectivity index (χ3v) is 2.17. The molecule has 0 radical (unpaired) electrons. The molecule has 1 aromatic heterocycles. The summed E-state index contributed by atoms with van der Waals surface area (Å²) in [5.74, 6) is 0. The SMILES string of the molecule is CC(C)NCCCCn1cnccc1=O. The van der Waals surface area contributed by atoms with E-state index in [1.807, 2.05) is 0 Å². The number of rotatable bonds is 6. The summed E-state index contributed by atoms with van der Waals surface area (Å²) >= 11 is 0. The summed E-state index contributed by atoms with van der Waals surface area (Å²) in [7, 11) is 0. The van der Waals surface area contributed by atoms with Gasteiger partial charge in [0.05, 0.1) is 6.33 Å². The molecule has 0 spiro atoms. The van der Waals surface area contributed by atoms with Crippen LogP contribution in [0.3, 0.4) is 0 Å². The Morgan fingerprint density at radius 1 is 1.47 bits per heavy atom. The minimum Gasteiger partial charge on any atom is -0.315 e. The maximum absolute atomic E-state index is 11.3. The minimum absolute atomic E-state index is 0.0295. The number of aryl methyl sites for hydroxylation is 1. The number of unbranched alkanes of at least 4 members (excludes halogenated alkanes) is 1. The van der Waals surface area contributed by atoms with Gasteiger partial charge in [0.1, 0.15) is 0 Å². The van der Waals surface area contributed by atoms with Crippen LogP contribution in [0.25, 0.3) is 0 Å². The number of nitrogens with one attached hydrogen (secondary N) is 1. The zero-order valence-electron chi connectivity index (χ0n) is 9.44. The summed E-state index contributed by atoms with van der Waals surface area (Å²) in [5, 5.41) is 3.34.